The number of aryl methyl sites for hydroxylation is 2. The number of benzene rings is 1. The van der Waals surface area contributed by atoms with E-state index in [4.69, 9.17) is 4.42 Å². The number of carbonyl (C=O) groups excluding carboxylic acids is 3. The maximum absolute atomic E-state index is 13.7. The first-order valence-corrected chi connectivity index (χ1v) is 11.9. The number of amides is 3. The minimum Gasteiger partial charge on any atom is -0.459 e. The van der Waals surface area contributed by atoms with Gasteiger partial charge in [-0.15, -0.1) is 0 Å². The SMILES string of the molecule is Cc1ccc(N(C(=O)CNC(=O)c2ccco2)[C@@H](C(=O)NC2CCCC2)c2ccncc2)c(C)c1. The summed E-state index contributed by atoms with van der Waals surface area (Å²) in [5.41, 5.74) is 3.14. The van der Waals surface area contributed by atoms with Gasteiger partial charge in [0.2, 0.25) is 11.8 Å². The van der Waals surface area contributed by atoms with Crippen LogP contribution in [0.4, 0.5) is 5.69 Å². The Balaban J connectivity index is 1.69. The third-order valence-corrected chi connectivity index (χ3v) is 6.26. The molecule has 35 heavy (non-hydrogen) atoms. The molecule has 3 aromatic rings. The predicted octanol–water partition coefficient (Wildman–Crippen LogP) is 3.85. The Bertz CT molecular complexity index is 1170. The Labute approximate surface area is 204 Å². The molecule has 3 amide bonds. The zero-order valence-corrected chi connectivity index (χ0v) is 20.0. The van der Waals surface area contributed by atoms with Crippen molar-refractivity contribution in [3.05, 3.63) is 83.6 Å². The van der Waals surface area contributed by atoms with E-state index in [-0.39, 0.29) is 24.3 Å². The first kappa shape index (κ1) is 24.2. The summed E-state index contributed by atoms with van der Waals surface area (Å²) in [7, 11) is 0. The van der Waals surface area contributed by atoms with Crippen molar-refractivity contribution in [2.24, 2.45) is 0 Å². The van der Waals surface area contributed by atoms with Crippen molar-refractivity contribution in [2.45, 2.75) is 51.6 Å². The lowest BCUT2D eigenvalue weighted by Gasteiger charge is -2.33. The monoisotopic (exact) mass is 474 g/mol. The fourth-order valence-corrected chi connectivity index (χ4v) is 4.54. The first-order valence-electron chi connectivity index (χ1n) is 11.9. The average Bonchev–Trinajstić information content (AvgIpc) is 3.56. The summed E-state index contributed by atoms with van der Waals surface area (Å²) in [4.78, 5) is 45.4. The zero-order valence-electron chi connectivity index (χ0n) is 20.0. The molecular formula is C27H30N4O4. The van der Waals surface area contributed by atoms with Crippen LogP contribution in [0.5, 0.6) is 0 Å². The van der Waals surface area contributed by atoms with Crippen LogP contribution in [-0.4, -0.2) is 35.3 Å². The number of pyridine rings is 1. The minimum atomic E-state index is -0.923. The summed E-state index contributed by atoms with van der Waals surface area (Å²) in [6.45, 7) is 3.58. The molecule has 0 aliphatic heterocycles. The van der Waals surface area contributed by atoms with Gasteiger partial charge in [-0.3, -0.25) is 24.3 Å². The van der Waals surface area contributed by atoms with Crippen molar-refractivity contribution in [3.63, 3.8) is 0 Å². The van der Waals surface area contributed by atoms with Crippen LogP contribution in [0, 0.1) is 13.8 Å². The van der Waals surface area contributed by atoms with Gasteiger partial charge in [-0.2, -0.15) is 0 Å². The number of hydrogen-bond donors (Lipinski definition) is 2. The van der Waals surface area contributed by atoms with Crippen molar-refractivity contribution in [2.75, 3.05) is 11.4 Å². The normalized spacial score (nSPS) is 14.3. The van der Waals surface area contributed by atoms with E-state index in [1.54, 1.807) is 30.6 Å². The van der Waals surface area contributed by atoms with E-state index in [0.29, 0.717) is 11.3 Å². The van der Waals surface area contributed by atoms with E-state index < -0.39 is 17.9 Å². The van der Waals surface area contributed by atoms with Gasteiger partial charge >= 0.3 is 0 Å². The van der Waals surface area contributed by atoms with E-state index in [0.717, 1.165) is 36.8 Å². The average molecular weight is 475 g/mol. The van der Waals surface area contributed by atoms with Crippen molar-refractivity contribution in [3.8, 4) is 0 Å². The molecule has 0 saturated heterocycles. The fourth-order valence-electron chi connectivity index (χ4n) is 4.54. The van der Waals surface area contributed by atoms with E-state index in [2.05, 4.69) is 15.6 Å². The first-order chi connectivity index (χ1) is 16.9. The molecule has 0 radical (unpaired) electrons. The predicted molar refractivity (Wildman–Crippen MR) is 132 cm³/mol. The van der Waals surface area contributed by atoms with E-state index in [1.807, 2.05) is 32.0 Å². The van der Waals surface area contributed by atoms with Gasteiger partial charge < -0.3 is 15.1 Å². The number of rotatable bonds is 8. The van der Waals surface area contributed by atoms with Gasteiger partial charge in [0, 0.05) is 24.1 Å². The molecule has 8 heteroatoms. The summed E-state index contributed by atoms with van der Waals surface area (Å²) in [6.07, 6.45) is 8.60. The molecule has 2 N–H and O–H groups in total. The van der Waals surface area contributed by atoms with Crippen LogP contribution in [0.2, 0.25) is 0 Å². The van der Waals surface area contributed by atoms with Gasteiger partial charge in [0.25, 0.3) is 5.91 Å². The molecule has 4 rings (SSSR count). The summed E-state index contributed by atoms with van der Waals surface area (Å²) >= 11 is 0. The lowest BCUT2D eigenvalue weighted by molar-refractivity contribution is -0.126. The van der Waals surface area contributed by atoms with E-state index in [1.165, 1.54) is 17.2 Å². The highest BCUT2D eigenvalue weighted by molar-refractivity contribution is 6.04. The molecule has 1 saturated carbocycles. The van der Waals surface area contributed by atoms with E-state index in [9.17, 15) is 14.4 Å². The third kappa shape index (κ3) is 5.77. The second kappa shape index (κ2) is 11.0. The molecule has 1 atom stereocenters. The Hall–Kier alpha value is -3.94. The Morgan fingerprint density at radius 2 is 1.83 bits per heavy atom. The van der Waals surface area contributed by atoms with Crippen molar-refractivity contribution >= 4 is 23.4 Å². The second-order valence-corrected chi connectivity index (χ2v) is 8.89. The Morgan fingerprint density at radius 3 is 2.49 bits per heavy atom. The van der Waals surface area contributed by atoms with Gasteiger partial charge in [-0.05, 0) is 68.1 Å². The van der Waals surface area contributed by atoms with E-state index >= 15 is 0 Å². The lowest BCUT2D eigenvalue weighted by Crippen LogP contribution is -2.49. The van der Waals surface area contributed by atoms with Gasteiger partial charge in [-0.25, -0.2) is 0 Å². The smallest absolute Gasteiger partial charge is 0.287 e. The van der Waals surface area contributed by atoms with Crippen molar-refractivity contribution in [1.29, 1.82) is 0 Å². The molecule has 0 spiro atoms. The highest BCUT2D eigenvalue weighted by Crippen LogP contribution is 2.31. The van der Waals surface area contributed by atoms with Crippen LogP contribution in [0.1, 0.15) is 59.0 Å². The van der Waals surface area contributed by atoms with Crippen LogP contribution >= 0.6 is 0 Å². The number of nitrogens with one attached hydrogen (secondary N) is 2. The number of hydrogen-bond acceptors (Lipinski definition) is 5. The van der Waals surface area contributed by atoms with Crippen LogP contribution in [0.25, 0.3) is 0 Å². The van der Waals surface area contributed by atoms with Crippen molar-refractivity contribution < 1.29 is 18.8 Å². The molecule has 0 bridgehead atoms. The van der Waals surface area contributed by atoms with Crippen LogP contribution in [0.3, 0.4) is 0 Å². The zero-order chi connectivity index (χ0) is 24.8. The van der Waals surface area contributed by atoms with Crippen molar-refractivity contribution in [1.82, 2.24) is 15.6 Å². The van der Waals surface area contributed by atoms with Gasteiger partial charge in [-0.1, -0.05) is 30.5 Å². The molecule has 1 aliphatic rings. The molecule has 1 aromatic carbocycles. The standard InChI is InChI=1S/C27H30N4O4/c1-18-9-10-22(19(2)16-18)31(24(32)17-29-26(33)23-8-5-15-35-23)25(20-11-13-28-14-12-20)27(34)30-21-6-3-4-7-21/h5,8-16,21,25H,3-4,6-7,17H2,1-2H3,(H,29,33)(H,30,34)/t25-/m1/s1. The van der Waals surface area contributed by atoms with Gasteiger partial charge in [0.05, 0.1) is 12.8 Å². The number of furan rings is 1. The maximum atomic E-state index is 13.7. The Morgan fingerprint density at radius 1 is 1.09 bits per heavy atom. The molecular weight excluding hydrogens is 444 g/mol. The summed E-state index contributed by atoms with van der Waals surface area (Å²) in [5.74, 6) is -1.06. The number of nitrogens with zero attached hydrogens (tertiary/aromatic N) is 2. The molecule has 1 aliphatic carbocycles. The maximum Gasteiger partial charge on any atom is 0.287 e. The lowest BCUT2D eigenvalue weighted by atomic mass is 10.0. The topological polar surface area (TPSA) is 105 Å². The highest BCUT2D eigenvalue weighted by atomic mass is 16.3. The molecule has 182 valence electrons. The van der Waals surface area contributed by atoms with Crippen LogP contribution in [0.15, 0.2) is 65.5 Å². The molecule has 2 heterocycles. The molecule has 1 fully saturated rings. The quantitative estimate of drug-likeness (QED) is 0.516. The Kier molecular flexibility index (Phi) is 7.60. The van der Waals surface area contributed by atoms with Gasteiger partial charge in [0.1, 0.15) is 6.04 Å². The van der Waals surface area contributed by atoms with Crippen LogP contribution < -0.4 is 15.5 Å². The molecule has 8 nitrogen and oxygen atoms in total. The van der Waals surface area contributed by atoms with Crippen LogP contribution in [-0.2, 0) is 9.59 Å². The third-order valence-electron chi connectivity index (χ3n) is 6.26. The molecule has 2 aromatic heterocycles. The minimum absolute atomic E-state index is 0.0848. The largest absolute Gasteiger partial charge is 0.459 e. The fraction of sp³-hybridized carbons (Fsp3) is 0.333. The number of anilines is 1. The summed E-state index contributed by atoms with van der Waals surface area (Å²) in [6, 6.07) is 11.5. The number of carbonyl (C=O) groups is 3. The highest BCUT2D eigenvalue weighted by Gasteiger charge is 2.35. The molecule has 0 unspecified atom stereocenters. The number of aromatic nitrogens is 1. The summed E-state index contributed by atoms with van der Waals surface area (Å²) < 4.78 is 5.13. The summed E-state index contributed by atoms with van der Waals surface area (Å²) in [5, 5.41) is 5.76. The van der Waals surface area contributed by atoms with Gasteiger partial charge in [0.15, 0.2) is 5.76 Å². The second-order valence-electron chi connectivity index (χ2n) is 8.89.